The SMILES string of the molecule is CC(C)Oc1ncc(C(=N)ONC(=O)c2ccc(OC3CC(C(=O)OC(C)(C)C)C3)cc2Cl)cc1Cl. The van der Waals surface area contributed by atoms with Crippen molar-refractivity contribution in [1.29, 1.82) is 5.41 Å². The quantitative estimate of drug-likeness (QED) is 0.211. The number of halogens is 2. The number of hydrogen-bond acceptors (Lipinski definition) is 8. The van der Waals surface area contributed by atoms with Gasteiger partial charge in [-0.15, -0.1) is 0 Å². The van der Waals surface area contributed by atoms with Crippen LogP contribution in [0.2, 0.25) is 10.0 Å². The van der Waals surface area contributed by atoms with Crippen LogP contribution in [0, 0.1) is 11.3 Å². The molecule has 194 valence electrons. The number of amides is 1. The van der Waals surface area contributed by atoms with Gasteiger partial charge in [-0.05, 0) is 71.7 Å². The van der Waals surface area contributed by atoms with Crippen LogP contribution in [0.25, 0.3) is 0 Å². The fraction of sp³-hybridized carbons (Fsp3) is 0.440. The molecule has 0 radical (unpaired) electrons. The lowest BCUT2D eigenvalue weighted by atomic mass is 9.82. The lowest BCUT2D eigenvalue weighted by Gasteiger charge is -2.35. The van der Waals surface area contributed by atoms with Crippen molar-refractivity contribution in [2.45, 2.75) is 65.3 Å². The van der Waals surface area contributed by atoms with E-state index in [1.54, 1.807) is 6.07 Å². The molecule has 0 spiro atoms. The van der Waals surface area contributed by atoms with Gasteiger partial charge in [-0.25, -0.2) is 4.98 Å². The van der Waals surface area contributed by atoms with Crippen molar-refractivity contribution in [3.8, 4) is 11.6 Å². The maximum absolute atomic E-state index is 12.5. The normalized spacial score (nSPS) is 17.1. The van der Waals surface area contributed by atoms with E-state index in [9.17, 15) is 9.59 Å². The Hall–Kier alpha value is -3.04. The summed E-state index contributed by atoms with van der Waals surface area (Å²) in [7, 11) is 0. The largest absolute Gasteiger partial charge is 0.490 e. The second-order valence-corrected chi connectivity index (χ2v) is 10.4. The summed E-state index contributed by atoms with van der Waals surface area (Å²) in [5.74, 6) is -0.717. The molecule has 1 fully saturated rings. The minimum absolute atomic E-state index is 0.111. The fourth-order valence-corrected chi connectivity index (χ4v) is 3.72. The number of esters is 1. The third kappa shape index (κ3) is 7.48. The molecule has 11 heteroatoms. The lowest BCUT2D eigenvalue weighted by molar-refractivity contribution is -0.166. The van der Waals surface area contributed by atoms with Gasteiger partial charge in [0.15, 0.2) is 0 Å². The Kier molecular flexibility index (Phi) is 8.68. The first-order chi connectivity index (χ1) is 16.8. The first-order valence-corrected chi connectivity index (χ1v) is 12.2. The zero-order valence-electron chi connectivity index (χ0n) is 20.7. The first kappa shape index (κ1) is 27.5. The summed E-state index contributed by atoms with van der Waals surface area (Å²) in [5.41, 5.74) is 2.04. The average molecular weight is 538 g/mol. The molecular formula is C25H29Cl2N3O6. The van der Waals surface area contributed by atoms with E-state index in [0.717, 1.165) is 0 Å². The molecule has 36 heavy (non-hydrogen) atoms. The number of rotatable bonds is 7. The lowest BCUT2D eigenvalue weighted by Crippen LogP contribution is -2.41. The van der Waals surface area contributed by atoms with E-state index in [0.29, 0.717) is 18.6 Å². The Morgan fingerprint density at radius 1 is 1.14 bits per heavy atom. The molecule has 9 nitrogen and oxygen atoms in total. The van der Waals surface area contributed by atoms with Crippen molar-refractivity contribution in [2.75, 3.05) is 0 Å². The topological polar surface area (TPSA) is 120 Å². The zero-order chi connectivity index (χ0) is 26.6. The van der Waals surface area contributed by atoms with Gasteiger partial charge in [0.1, 0.15) is 22.5 Å². The van der Waals surface area contributed by atoms with Gasteiger partial charge < -0.3 is 19.0 Å². The van der Waals surface area contributed by atoms with Crippen molar-refractivity contribution in [2.24, 2.45) is 5.92 Å². The summed E-state index contributed by atoms with van der Waals surface area (Å²) >= 11 is 12.4. The third-order valence-electron chi connectivity index (χ3n) is 4.99. The second-order valence-electron chi connectivity index (χ2n) is 9.62. The molecule has 0 unspecified atom stereocenters. The Balaban J connectivity index is 1.50. The summed E-state index contributed by atoms with van der Waals surface area (Å²) in [6.45, 7) is 9.17. The van der Waals surface area contributed by atoms with Gasteiger partial charge in [-0.1, -0.05) is 23.2 Å². The molecule has 2 aromatic rings. The molecule has 3 rings (SSSR count). The van der Waals surface area contributed by atoms with Crippen molar-refractivity contribution in [1.82, 2.24) is 10.5 Å². The number of benzene rings is 1. The second kappa shape index (κ2) is 11.3. The van der Waals surface area contributed by atoms with E-state index in [1.807, 2.05) is 34.6 Å². The molecular weight excluding hydrogens is 509 g/mol. The zero-order valence-corrected chi connectivity index (χ0v) is 22.2. The number of hydroxylamine groups is 1. The highest BCUT2D eigenvalue weighted by Gasteiger charge is 2.38. The minimum atomic E-state index is -0.649. The predicted molar refractivity (Wildman–Crippen MR) is 135 cm³/mol. The van der Waals surface area contributed by atoms with Crippen molar-refractivity contribution >= 4 is 41.0 Å². The summed E-state index contributed by atoms with van der Waals surface area (Å²) in [5, 5.41) is 8.37. The van der Waals surface area contributed by atoms with Crippen LogP contribution in [0.5, 0.6) is 11.6 Å². The summed E-state index contributed by atoms with van der Waals surface area (Å²) in [6, 6.07) is 6.05. The molecule has 1 aromatic carbocycles. The summed E-state index contributed by atoms with van der Waals surface area (Å²) in [6.07, 6.45) is 2.20. The van der Waals surface area contributed by atoms with E-state index in [2.05, 4.69) is 10.5 Å². The highest BCUT2D eigenvalue weighted by atomic mass is 35.5. The number of hydrogen-bond donors (Lipinski definition) is 2. The van der Waals surface area contributed by atoms with Crippen LogP contribution in [0.15, 0.2) is 30.5 Å². The number of pyridine rings is 1. The van der Waals surface area contributed by atoms with Gasteiger partial charge in [0.25, 0.3) is 5.91 Å². The van der Waals surface area contributed by atoms with Gasteiger partial charge in [0, 0.05) is 6.20 Å². The molecule has 1 amide bonds. The maximum Gasteiger partial charge on any atom is 0.309 e. The summed E-state index contributed by atoms with van der Waals surface area (Å²) < 4.78 is 16.7. The Bertz CT molecular complexity index is 1140. The van der Waals surface area contributed by atoms with Crippen molar-refractivity contribution in [3.05, 3.63) is 51.6 Å². The number of nitrogens with one attached hydrogen (secondary N) is 2. The molecule has 1 heterocycles. The van der Waals surface area contributed by atoms with Gasteiger partial charge in [-0.3, -0.25) is 15.0 Å². The fourth-order valence-electron chi connectivity index (χ4n) is 3.26. The molecule has 1 aliphatic carbocycles. The van der Waals surface area contributed by atoms with E-state index >= 15 is 0 Å². The van der Waals surface area contributed by atoms with Crippen LogP contribution >= 0.6 is 23.2 Å². The number of aromatic nitrogens is 1. The van der Waals surface area contributed by atoms with Gasteiger partial charge in [0.2, 0.25) is 11.8 Å². The molecule has 1 aliphatic rings. The first-order valence-electron chi connectivity index (χ1n) is 11.4. The Morgan fingerprint density at radius 2 is 1.83 bits per heavy atom. The van der Waals surface area contributed by atoms with Crippen molar-refractivity contribution in [3.63, 3.8) is 0 Å². The van der Waals surface area contributed by atoms with E-state index in [4.69, 9.17) is 47.7 Å². The molecule has 0 saturated heterocycles. The van der Waals surface area contributed by atoms with Gasteiger partial charge >= 0.3 is 5.97 Å². The summed E-state index contributed by atoms with van der Waals surface area (Å²) in [4.78, 5) is 33.7. The maximum atomic E-state index is 12.5. The molecule has 1 aromatic heterocycles. The van der Waals surface area contributed by atoms with Gasteiger partial charge in [0.05, 0.1) is 28.2 Å². The monoisotopic (exact) mass is 537 g/mol. The molecule has 1 saturated carbocycles. The molecule has 0 atom stereocenters. The van der Waals surface area contributed by atoms with Crippen LogP contribution in [0.1, 0.15) is 63.4 Å². The van der Waals surface area contributed by atoms with E-state index < -0.39 is 11.5 Å². The number of ether oxygens (including phenoxy) is 3. The van der Waals surface area contributed by atoms with Crippen LogP contribution in [-0.4, -0.2) is 40.6 Å². The smallest absolute Gasteiger partial charge is 0.309 e. The Labute approximate surface area is 219 Å². The standard InChI is InChI=1S/C25H29Cl2N3O6/c1-13(2)33-23-20(27)10-15(12-29-23)21(28)36-30-22(31)18-7-6-16(11-19(18)26)34-17-8-14(9-17)24(32)35-25(3,4)5/h6-7,10-14,17,28H,8-9H2,1-5H3,(H,30,31). The average Bonchev–Trinajstić information content (AvgIpc) is 2.73. The number of carbonyl (C=O) groups is 2. The van der Waals surface area contributed by atoms with E-state index in [1.165, 1.54) is 24.4 Å². The van der Waals surface area contributed by atoms with Crippen LogP contribution < -0.4 is 15.0 Å². The van der Waals surface area contributed by atoms with Gasteiger partial charge in [-0.2, -0.15) is 5.48 Å². The molecule has 0 aliphatic heterocycles. The Morgan fingerprint density at radius 3 is 2.42 bits per heavy atom. The van der Waals surface area contributed by atoms with E-state index in [-0.39, 0.29) is 57.0 Å². The predicted octanol–water partition coefficient (Wildman–Crippen LogP) is 5.36. The molecule has 0 bridgehead atoms. The van der Waals surface area contributed by atoms with Crippen LogP contribution in [0.4, 0.5) is 0 Å². The highest BCUT2D eigenvalue weighted by Crippen LogP contribution is 2.34. The van der Waals surface area contributed by atoms with Crippen LogP contribution in [-0.2, 0) is 14.4 Å². The van der Waals surface area contributed by atoms with Crippen LogP contribution in [0.3, 0.4) is 0 Å². The number of nitrogens with zero attached hydrogens (tertiary/aromatic N) is 1. The molecule has 2 N–H and O–H groups in total. The highest BCUT2D eigenvalue weighted by molar-refractivity contribution is 6.34. The third-order valence-corrected chi connectivity index (χ3v) is 5.57. The minimum Gasteiger partial charge on any atom is -0.490 e. The van der Waals surface area contributed by atoms with Crippen molar-refractivity contribution < 1.29 is 28.6 Å². The number of carbonyl (C=O) groups excluding carboxylic acids is 2.